The molecule has 1 saturated heterocycles. The maximum Gasteiger partial charge on any atom is 0.238 e. The lowest BCUT2D eigenvalue weighted by molar-refractivity contribution is -0.121. The minimum absolute atomic E-state index is 0.0989. The van der Waals surface area contributed by atoms with Crippen molar-refractivity contribution in [2.45, 2.75) is 31.7 Å². The van der Waals surface area contributed by atoms with Gasteiger partial charge in [-0.3, -0.25) is 9.59 Å². The Morgan fingerprint density at radius 1 is 1.28 bits per heavy atom. The van der Waals surface area contributed by atoms with Crippen molar-refractivity contribution in [2.75, 3.05) is 11.4 Å². The number of aryl methyl sites for hydroxylation is 1. The molecule has 1 aliphatic heterocycles. The number of aromatic nitrogens is 2. The van der Waals surface area contributed by atoms with Gasteiger partial charge in [0.05, 0.1) is 12.3 Å². The number of furan rings is 1. The molecular weight excluding hydrogens is 379 g/mol. The zero-order valence-electron chi connectivity index (χ0n) is 15.5. The van der Waals surface area contributed by atoms with E-state index < -0.39 is 0 Å². The van der Waals surface area contributed by atoms with Gasteiger partial charge >= 0.3 is 0 Å². The van der Waals surface area contributed by atoms with Gasteiger partial charge in [-0.1, -0.05) is 5.16 Å². The van der Waals surface area contributed by atoms with E-state index in [1.165, 1.54) is 18.4 Å². The third kappa shape index (κ3) is 4.50. The summed E-state index contributed by atoms with van der Waals surface area (Å²) >= 11 is 0. The summed E-state index contributed by atoms with van der Waals surface area (Å²) in [7, 11) is 0. The minimum atomic E-state index is -0.359. The summed E-state index contributed by atoms with van der Waals surface area (Å²) in [5, 5.41) is 6.72. The maximum atomic E-state index is 13.1. The molecule has 1 aliphatic rings. The first-order valence-corrected chi connectivity index (χ1v) is 9.30. The van der Waals surface area contributed by atoms with Crippen LogP contribution >= 0.6 is 0 Å². The highest BCUT2D eigenvalue weighted by atomic mass is 19.1. The van der Waals surface area contributed by atoms with Crippen LogP contribution in [-0.2, 0) is 16.0 Å². The van der Waals surface area contributed by atoms with Gasteiger partial charge in [-0.25, -0.2) is 4.39 Å². The summed E-state index contributed by atoms with van der Waals surface area (Å²) in [5.41, 5.74) is 0.622. The standard InChI is InChI=1S/C20H19FN4O4/c21-13-6-8-15(9-7-13)25-12-14(11-19(25)27)22-17(26)4-1-5-18-23-20(24-29-18)16-3-2-10-28-16/h2-3,6-10,14H,1,4-5,11-12H2,(H,22,26). The van der Waals surface area contributed by atoms with Crippen molar-refractivity contribution in [2.24, 2.45) is 0 Å². The highest BCUT2D eigenvalue weighted by Crippen LogP contribution is 2.22. The molecule has 0 aliphatic carbocycles. The number of halogens is 1. The van der Waals surface area contributed by atoms with Crippen LogP contribution in [0.15, 0.2) is 51.6 Å². The fraction of sp³-hybridized carbons (Fsp3) is 0.300. The van der Waals surface area contributed by atoms with Crippen molar-refractivity contribution < 1.29 is 22.9 Å². The number of amides is 2. The second-order valence-corrected chi connectivity index (χ2v) is 6.79. The third-order valence-electron chi connectivity index (χ3n) is 4.63. The summed E-state index contributed by atoms with van der Waals surface area (Å²) in [6, 6.07) is 8.93. The lowest BCUT2D eigenvalue weighted by Gasteiger charge is -2.17. The Labute approximate surface area is 165 Å². The molecule has 1 fully saturated rings. The van der Waals surface area contributed by atoms with Crippen molar-refractivity contribution in [3.8, 4) is 11.6 Å². The molecule has 9 heteroatoms. The third-order valence-corrected chi connectivity index (χ3v) is 4.63. The van der Waals surface area contributed by atoms with Gasteiger partial charge in [0.15, 0.2) is 5.76 Å². The molecule has 0 bridgehead atoms. The van der Waals surface area contributed by atoms with Gasteiger partial charge in [0.1, 0.15) is 5.82 Å². The lowest BCUT2D eigenvalue weighted by atomic mass is 10.2. The molecule has 1 unspecified atom stereocenters. The normalized spacial score (nSPS) is 16.4. The molecule has 8 nitrogen and oxygen atoms in total. The molecule has 0 radical (unpaired) electrons. The smallest absolute Gasteiger partial charge is 0.238 e. The Balaban J connectivity index is 1.23. The number of carbonyl (C=O) groups excluding carboxylic acids is 2. The van der Waals surface area contributed by atoms with Crippen LogP contribution in [0.4, 0.5) is 10.1 Å². The Bertz CT molecular complexity index is 984. The Hall–Kier alpha value is -3.49. The maximum absolute atomic E-state index is 13.1. The molecule has 1 atom stereocenters. The zero-order valence-corrected chi connectivity index (χ0v) is 15.5. The van der Waals surface area contributed by atoms with Crippen LogP contribution in [-0.4, -0.2) is 34.5 Å². The number of nitrogens with one attached hydrogen (secondary N) is 1. The van der Waals surface area contributed by atoms with Gasteiger partial charge in [-0.2, -0.15) is 4.98 Å². The fourth-order valence-corrected chi connectivity index (χ4v) is 3.24. The zero-order chi connectivity index (χ0) is 20.2. The molecule has 4 rings (SSSR count). The Morgan fingerprint density at radius 3 is 2.86 bits per heavy atom. The average Bonchev–Trinajstić information content (AvgIpc) is 3.43. The average molecular weight is 398 g/mol. The summed E-state index contributed by atoms with van der Waals surface area (Å²) in [4.78, 5) is 30.2. The van der Waals surface area contributed by atoms with Crippen LogP contribution in [0.25, 0.3) is 11.6 Å². The first-order valence-electron chi connectivity index (χ1n) is 9.30. The predicted octanol–water partition coefficient (Wildman–Crippen LogP) is 2.71. The van der Waals surface area contributed by atoms with Gasteiger partial charge < -0.3 is 19.2 Å². The highest BCUT2D eigenvalue weighted by molar-refractivity contribution is 5.96. The van der Waals surface area contributed by atoms with Crippen molar-refractivity contribution >= 4 is 17.5 Å². The number of anilines is 1. The molecule has 3 aromatic rings. The highest BCUT2D eigenvalue weighted by Gasteiger charge is 2.31. The molecule has 0 spiro atoms. The van der Waals surface area contributed by atoms with E-state index in [1.54, 1.807) is 29.2 Å². The van der Waals surface area contributed by atoms with Gasteiger partial charge in [0.2, 0.25) is 23.5 Å². The van der Waals surface area contributed by atoms with E-state index in [0.29, 0.717) is 42.5 Å². The first kappa shape index (κ1) is 18.9. The van der Waals surface area contributed by atoms with E-state index in [0.717, 1.165) is 0 Å². The SMILES string of the molecule is O=C(CCCc1nc(-c2ccco2)no1)NC1CC(=O)N(c2ccc(F)cc2)C1. The summed E-state index contributed by atoms with van der Waals surface area (Å²) < 4.78 is 23.4. The van der Waals surface area contributed by atoms with Crippen LogP contribution < -0.4 is 10.2 Å². The quantitative estimate of drug-likeness (QED) is 0.657. The van der Waals surface area contributed by atoms with Crippen molar-refractivity contribution in [1.82, 2.24) is 15.5 Å². The summed E-state index contributed by atoms with van der Waals surface area (Å²) in [6.45, 7) is 0.367. The van der Waals surface area contributed by atoms with Gasteiger partial charge in [-0.05, 0) is 42.8 Å². The summed E-state index contributed by atoms with van der Waals surface area (Å²) in [5.74, 6) is 0.729. The molecule has 0 saturated carbocycles. The van der Waals surface area contributed by atoms with Crippen molar-refractivity contribution in [3.05, 3.63) is 54.4 Å². The van der Waals surface area contributed by atoms with E-state index in [1.807, 2.05) is 0 Å². The van der Waals surface area contributed by atoms with Crippen LogP contribution in [0.2, 0.25) is 0 Å². The van der Waals surface area contributed by atoms with E-state index in [9.17, 15) is 14.0 Å². The Kier molecular flexibility index (Phi) is 5.37. The van der Waals surface area contributed by atoms with Crippen LogP contribution in [0.1, 0.15) is 25.2 Å². The predicted molar refractivity (Wildman–Crippen MR) is 100 cm³/mol. The number of carbonyl (C=O) groups is 2. The first-order chi connectivity index (χ1) is 14.1. The van der Waals surface area contributed by atoms with Gasteiger partial charge in [0.25, 0.3) is 0 Å². The number of hydrogen-bond acceptors (Lipinski definition) is 6. The number of hydrogen-bond donors (Lipinski definition) is 1. The van der Waals surface area contributed by atoms with E-state index >= 15 is 0 Å². The monoisotopic (exact) mass is 398 g/mol. The molecule has 3 heterocycles. The second kappa shape index (κ2) is 8.26. The van der Waals surface area contributed by atoms with Crippen LogP contribution in [0, 0.1) is 5.82 Å². The second-order valence-electron chi connectivity index (χ2n) is 6.79. The van der Waals surface area contributed by atoms with Crippen LogP contribution in [0.3, 0.4) is 0 Å². The van der Waals surface area contributed by atoms with Crippen LogP contribution in [0.5, 0.6) is 0 Å². The van der Waals surface area contributed by atoms with E-state index in [2.05, 4.69) is 15.5 Å². The number of nitrogens with zero attached hydrogens (tertiary/aromatic N) is 3. The van der Waals surface area contributed by atoms with Gasteiger partial charge in [-0.15, -0.1) is 0 Å². The summed E-state index contributed by atoms with van der Waals surface area (Å²) in [6.07, 6.45) is 3.03. The molecule has 150 valence electrons. The largest absolute Gasteiger partial charge is 0.461 e. The van der Waals surface area contributed by atoms with E-state index in [-0.39, 0.29) is 36.5 Å². The van der Waals surface area contributed by atoms with Crippen molar-refractivity contribution in [1.29, 1.82) is 0 Å². The molecule has 1 N–H and O–H groups in total. The molecule has 1 aromatic carbocycles. The van der Waals surface area contributed by atoms with E-state index in [4.69, 9.17) is 8.94 Å². The lowest BCUT2D eigenvalue weighted by Crippen LogP contribution is -2.37. The van der Waals surface area contributed by atoms with Gasteiger partial charge in [0, 0.05) is 31.5 Å². The van der Waals surface area contributed by atoms with Crippen molar-refractivity contribution in [3.63, 3.8) is 0 Å². The fourth-order valence-electron chi connectivity index (χ4n) is 3.24. The molecule has 29 heavy (non-hydrogen) atoms. The Morgan fingerprint density at radius 2 is 2.10 bits per heavy atom. The molecular formula is C20H19FN4O4. The minimum Gasteiger partial charge on any atom is -0.461 e. The molecule has 2 aromatic heterocycles. The number of rotatable bonds is 7. The number of benzene rings is 1. The molecule has 2 amide bonds. The topological polar surface area (TPSA) is 101 Å².